The number of ether oxygens (including phenoxy) is 2. The van der Waals surface area contributed by atoms with Gasteiger partial charge in [-0.25, -0.2) is 19.4 Å². The Morgan fingerprint density at radius 3 is 1.52 bits per heavy atom. The Labute approximate surface area is 375 Å². The van der Waals surface area contributed by atoms with Gasteiger partial charge in [-0.2, -0.15) is 15.4 Å². The van der Waals surface area contributed by atoms with Gasteiger partial charge in [-0.05, 0) is 86.0 Å². The predicted molar refractivity (Wildman–Crippen MR) is 244 cm³/mol. The van der Waals surface area contributed by atoms with Crippen molar-refractivity contribution < 1.29 is 28.2 Å². The highest BCUT2D eigenvalue weighted by Gasteiger charge is 2.20. The molecule has 4 heterocycles. The zero-order valence-corrected chi connectivity index (χ0v) is 36.3. The summed E-state index contributed by atoms with van der Waals surface area (Å²) in [4.78, 5) is 21.2. The van der Waals surface area contributed by atoms with Gasteiger partial charge in [0.1, 0.15) is 28.7 Å². The summed E-state index contributed by atoms with van der Waals surface area (Å²) in [5.74, 6) is 3.39. The van der Waals surface area contributed by atoms with E-state index in [1.807, 2.05) is 148 Å². The number of carboxylic acid groups (broad SMARTS) is 1. The van der Waals surface area contributed by atoms with Gasteiger partial charge in [0.25, 0.3) is 0 Å². The molecule has 0 saturated heterocycles. The van der Waals surface area contributed by atoms with Crippen LogP contribution < -0.4 is 9.47 Å². The van der Waals surface area contributed by atoms with Gasteiger partial charge >= 0.3 is 5.97 Å². The summed E-state index contributed by atoms with van der Waals surface area (Å²) in [5.41, 5.74) is 9.19. The van der Waals surface area contributed by atoms with Crippen molar-refractivity contribution in [1.82, 2.24) is 40.4 Å². The van der Waals surface area contributed by atoms with Crippen LogP contribution >= 0.6 is 0 Å². The summed E-state index contributed by atoms with van der Waals surface area (Å²) < 4.78 is 24.8. The first-order valence-electron chi connectivity index (χ1n) is 21.3. The smallest absolute Gasteiger partial charge is 0.356 e. The number of H-pyrrole nitrogens is 1. The molecule has 0 aliphatic carbocycles. The predicted octanol–water partition coefficient (Wildman–Crippen LogP) is 9.49. The van der Waals surface area contributed by atoms with E-state index in [0.29, 0.717) is 56.5 Å². The fourth-order valence-corrected chi connectivity index (χ4v) is 7.10. The Morgan fingerprint density at radius 1 is 0.585 bits per heavy atom. The molecule has 65 heavy (non-hydrogen) atoms. The van der Waals surface area contributed by atoms with E-state index in [9.17, 15) is 9.90 Å². The highest BCUT2D eigenvalue weighted by atomic mass is 16.5. The minimum Gasteiger partial charge on any atom is -0.493 e. The van der Waals surface area contributed by atoms with Crippen molar-refractivity contribution in [2.45, 2.75) is 53.0 Å². The molecule has 14 heteroatoms. The lowest BCUT2D eigenvalue weighted by atomic mass is 10.1. The number of rotatable bonds is 17. The Balaban J connectivity index is 0.000000184. The van der Waals surface area contributed by atoms with Crippen LogP contribution in [0.15, 0.2) is 148 Å². The van der Waals surface area contributed by atoms with Gasteiger partial charge in [-0.15, -0.1) is 5.10 Å². The topological polar surface area (TPSA) is 180 Å². The number of nitrogens with one attached hydrogen (secondary N) is 1. The minimum absolute atomic E-state index is 0.0991. The van der Waals surface area contributed by atoms with E-state index in [1.165, 1.54) is 10.2 Å². The number of aromatic amines is 1. The second-order valence-electron chi connectivity index (χ2n) is 15.3. The first-order valence-corrected chi connectivity index (χ1v) is 21.3. The lowest BCUT2D eigenvalue weighted by Gasteiger charge is -2.07. The van der Waals surface area contributed by atoms with Crippen molar-refractivity contribution >= 4 is 5.97 Å². The molecule has 0 atom stereocenters. The summed E-state index contributed by atoms with van der Waals surface area (Å²) in [5, 5.41) is 28.9. The lowest BCUT2D eigenvalue weighted by molar-refractivity contribution is 0.0682. The minimum atomic E-state index is -1.05. The number of hydrogen-bond donors (Lipinski definition) is 2. The van der Waals surface area contributed by atoms with Crippen LogP contribution in [0.4, 0.5) is 0 Å². The first kappa shape index (κ1) is 43.5. The molecule has 0 aliphatic heterocycles. The van der Waals surface area contributed by atoms with Crippen LogP contribution in [0.2, 0.25) is 0 Å². The maximum atomic E-state index is 11.9. The second-order valence-corrected chi connectivity index (χ2v) is 15.3. The van der Waals surface area contributed by atoms with Crippen LogP contribution in [-0.2, 0) is 32.2 Å². The molecule has 2 N–H and O–H groups in total. The first-order chi connectivity index (χ1) is 31.8. The van der Waals surface area contributed by atoms with Crippen molar-refractivity contribution in [2.75, 3.05) is 13.2 Å². The number of aryl methyl sites for hydroxylation is 3. The molecular formula is C51H48N8O6. The van der Waals surface area contributed by atoms with E-state index < -0.39 is 5.97 Å². The monoisotopic (exact) mass is 868 g/mol. The van der Waals surface area contributed by atoms with Gasteiger partial charge in [0, 0.05) is 36.8 Å². The highest BCUT2D eigenvalue weighted by molar-refractivity contribution is 5.87. The normalized spacial score (nSPS) is 10.9. The fraction of sp³-hybridized carbons (Fsp3) is 0.196. The number of benzene rings is 5. The maximum Gasteiger partial charge on any atom is 0.356 e. The third-order valence-electron chi connectivity index (χ3n) is 10.6. The van der Waals surface area contributed by atoms with Crippen molar-refractivity contribution in [3.05, 3.63) is 202 Å². The molecule has 0 fully saturated rings. The zero-order chi connectivity index (χ0) is 45.0. The van der Waals surface area contributed by atoms with E-state index >= 15 is 0 Å². The van der Waals surface area contributed by atoms with Crippen molar-refractivity contribution in [3.8, 4) is 34.4 Å². The molecule has 0 spiro atoms. The third-order valence-corrected chi connectivity index (χ3v) is 10.6. The summed E-state index contributed by atoms with van der Waals surface area (Å²) >= 11 is 0. The summed E-state index contributed by atoms with van der Waals surface area (Å²) in [6.45, 7) is 7.15. The van der Waals surface area contributed by atoms with Gasteiger partial charge in [0.15, 0.2) is 5.69 Å². The van der Waals surface area contributed by atoms with E-state index in [4.69, 9.17) is 18.3 Å². The Hall–Kier alpha value is -8.13. The lowest BCUT2D eigenvalue weighted by Crippen LogP contribution is -2.12. The molecule has 0 saturated carbocycles. The highest BCUT2D eigenvalue weighted by Crippen LogP contribution is 2.24. The Morgan fingerprint density at radius 2 is 1.06 bits per heavy atom. The number of carboxylic acids is 1. The summed E-state index contributed by atoms with van der Waals surface area (Å²) in [6, 6.07) is 44.9. The third kappa shape index (κ3) is 11.5. The molecule has 4 aromatic heterocycles. The van der Waals surface area contributed by atoms with Crippen LogP contribution in [0.5, 0.6) is 11.5 Å². The Kier molecular flexibility index (Phi) is 13.9. The fourth-order valence-electron chi connectivity index (χ4n) is 7.10. The maximum absolute atomic E-state index is 11.9. The number of hydrogen-bond acceptors (Lipinski definition) is 11. The number of carbonyl (C=O) groups is 1. The molecule has 14 nitrogen and oxygen atoms in total. The average Bonchev–Trinajstić information content (AvgIpc) is 4.12. The van der Waals surface area contributed by atoms with E-state index in [1.54, 1.807) is 0 Å². The SMILES string of the molecule is Cc1n[nH]nc1Cc1ccc(OCCc2nc(-c3ccccc3)oc2C)cc1.Cc1oc(-c2ccccc2)nc1CCOc1ccc(Cc2nnn(Cc3ccccc3)c2C(=O)O)cc1. The molecule has 0 unspecified atom stereocenters. The van der Waals surface area contributed by atoms with Crippen LogP contribution in [0.25, 0.3) is 22.9 Å². The summed E-state index contributed by atoms with van der Waals surface area (Å²) in [7, 11) is 0. The van der Waals surface area contributed by atoms with Gasteiger partial charge in [0.2, 0.25) is 11.8 Å². The standard InChI is InChI=1S/C29H26N4O4.C22H22N4O2/c1-20-25(30-28(37-20)23-10-6-3-7-11-23)16-17-36-24-14-12-21(13-15-24)18-26-27(29(34)35)33(32-31-26)19-22-8-4-2-5-9-22;1-15-21(25-26-24-15)14-17-8-10-19(11-9-17)27-13-12-20-16(2)28-22(23-20)18-6-4-3-5-7-18/h2-15H,16-19H2,1H3,(H,34,35);3-11H,12-14H2,1-2H3,(H,24,25,26). The van der Waals surface area contributed by atoms with Crippen molar-refractivity contribution in [3.63, 3.8) is 0 Å². The van der Waals surface area contributed by atoms with Crippen molar-refractivity contribution in [1.29, 1.82) is 0 Å². The molecule has 9 rings (SSSR count). The largest absolute Gasteiger partial charge is 0.493 e. The molecule has 0 aliphatic rings. The van der Waals surface area contributed by atoms with E-state index in [0.717, 1.165) is 74.5 Å². The van der Waals surface area contributed by atoms with Crippen LogP contribution in [0, 0.1) is 20.8 Å². The molecular weight excluding hydrogens is 821 g/mol. The van der Waals surface area contributed by atoms with E-state index in [2.05, 4.69) is 47.8 Å². The second kappa shape index (κ2) is 20.8. The summed E-state index contributed by atoms with van der Waals surface area (Å²) in [6.07, 6.45) is 2.43. The number of aromatic carboxylic acids is 1. The van der Waals surface area contributed by atoms with Crippen LogP contribution in [0.3, 0.4) is 0 Å². The Bertz CT molecular complexity index is 2910. The molecule has 0 amide bonds. The number of nitrogens with zero attached hydrogens (tertiary/aromatic N) is 7. The quantitative estimate of drug-likeness (QED) is 0.0886. The van der Waals surface area contributed by atoms with E-state index in [-0.39, 0.29) is 5.69 Å². The molecule has 0 bridgehead atoms. The van der Waals surface area contributed by atoms with Gasteiger partial charge in [-0.3, -0.25) is 0 Å². The van der Waals surface area contributed by atoms with Gasteiger partial charge < -0.3 is 23.4 Å². The molecule has 0 radical (unpaired) electrons. The average molecular weight is 869 g/mol. The molecule has 5 aromatic carbocycles. The van der Waals surface area contributed by atoms with Crippen LogP contribution in [-0.4, -0.2) is 64.7 Å². The van der Waals surface area contributed by atoms with Gasteiger partial charge in [0.05, 0.1) is 42.5 Å². The number of aromatic nitrogens is 8. The van der Waals surface area contributed by atoms with Crippen molar-refractivity contribution in [2.24, 2.45) is 0 Å². The van der Waals surface area contributed by atoms with Crippen LogP contribution in [0.1, 0.15) is 67.2 Å². The molecule has 9 aromatic rings. The molecule has 328 valence electrons. The number of oxazole rings is 2. The zero-order valence-electron chi connectivity index (χ0n) is 36.3. The van der Waals surface area contributed by atoms with Gasteiger partial charge in [-0.1, -0.05) is 96.2 Å².